The largest absolute Gasteiger partial charge is 0.494 e. The van der Waals surface area contributed by atoms with Crippen LogP contribution in [0.5, 0.6) is 5.75 Å². The van der Waals surface area contributed by atoms with E-state index in [0.29, 0.717) is 18.9 Å². The molecule has 3 heterocycles. The summed E-state index contributed by atoms with van der Waals surface area (Å²) in [4.78, 5) is 17.0. The zero-order valence-electron chi connectivity index (χ0n) is 13.5. The summed E-state index contributed by atoms with van der Waals surface area (Å²) < 4.78 is 12.3. The summed E-state index contributed by atoms with van der Waals surface area (Å²) in [6.45, 7) is 3.96. The number of hydrogen-bond donors (Lipinski definition) is 1. The molecule has 4 rings (SSSR count). The predicted octanol–water partition coefficient (Wildman–Crippen LogP) is 2.59. The van der Waals surface area contributed by atoms with Gasteiger partial charge in [-0.25, -0.2) is 9.50 Å². The van der Waals surface area contributed by atoms with Gasteiger partial charge in [0.05, 0.1) is 24.6 Å². The number of ether oxygens (including phenoxy) is 2. The molecule has 6 heteroatoms. The van der Waals surface area contributed by atoms with E-state index in [4.69, 9.17) is 9.47 Å². The maximum Gasteiger partial charge on any atom is 0.272 e. The molecule has 1 aliphatic heterocycles. The van der Waals surface area contributed by atoms with E-state index in [2.05, 4.69) is 10.1 Å². The summed E-state index contributed by atoms with van der Waals surface area (Å²) in [7, 11) is 0. The average Bonchev–Trinajstić information content (AvgIpc) is 3.25. The minimum Gasteiger partial charge on any atom is -0.494 e. The summed E-state index contributed by atoms with van der Waals surface area (Å²) in [5, 5.41) is 3.12. The van der Waals surface area contributed by atoms with E-state index in [1.807, 2.05) is 37.3 Å². The monoisotopic (exact) mass is 325 g/mol. The lowest BCUT2D eigenvalue weighted by atomic mass is 10.1. The SMILES string of the molecule is CCOc1ccc(-c2cc3nc(C4CCOC4)cc(=O)n3[nH]2)cc1. The summed E-state index contributed by atoms with van der Waals surface area (Å²) in [6, 6.07) is 11.3. The van der Waals surface area contributed by atoms with Crippen molar-refractivity contribution >= 4 is 5.65 Å². The third kappa shape index (κ3) is 2.69. The van der Waals surface area contributed by atoms with Gasteiger partial charge in [-0.2, -0.15) is 0 Å². The first-order valence-electron chi connectivity index (χ1n) is 8.18. The van der Waals surface area contributed by atoms with Gasteiger partial charge in [0.2, 0.25) is 0 Å². The summed E-state index contributed by atoms with van der Waals surface area (Å²) >= 11 is 0. The summed E-state index contributed by atoms with van der Waals surface area (Å²) in [5.74, 6) is 1.04. The predicted molar refractivity (Wildman–Crippen MR) is 90.6 cm³/mol. The van der Waals surface area contributed by atoms with Gasteiger partial charge in [-0.3, -0.25) is 9.89 Å². The first kappa shape index (κ1) is 15.0. The van der Waals surface area contributed by atoms with Gasteiger partial charge < -0.3 is 9.47 Å². The number of aromatic nitrogens is 3. The molecule has 3 aromatic rings. The maximum absolute atomic E-state index is 12.4. The highest BCUT2D eigenvalue weighted by molar-refractivity contribution is 5.64. The van der Waals surface area contributed by atoms with E-state index in [9.17, 15) is 4.79 Å². The van der Waals surface area contributed by atoms with E-state index in [0.717, 1.165) is 35.7 Å². The molecule has 24 heavy (non-hydrogen) atoms. The number of fused-ring (bicyclic) bond motifs is 1. The Balaban J connectivity index is 1.72. The van der Waals surface area contributed by atoms with E-state index in [-0.39, 0.29) is 11.5 Å². The van der Waals surface area contributed by atoms with Crippen molar-refractivity contribution in [3.63, 3.8) is 0 Å². The van der Waals surface area contributed by atoms with Crippen LogP contribution in [0.15, 0.2) is 41.2 Å². The Morgan fingerprint density at radius 1 is 1.33 bits per heavy atom. The number of aromatic amines is 1. The van der Waals surface area contributed by atoms with Gasteiger partial charge in [0.25, 0.3) is 5.56 Å². The first-order chi connectivity index (χ1) is 11.7. The molecule has 0 aliphatic carbocycles. The van der Waals surface area contributed by atoms with E-state index < -0.39 is 0 Å². The van der Waals surface area contributed by atoms with Gasteiger partial charge in [0.1, 0.15) is 5.75 Å². The third-order valence-electron chi connectivity index (χ3n) is 4.29. The van der Waals surface area contributed by atoms with Crippen LogP contribution in [0.1, 0.15) is 25.0 Å². The van der Waals surface area contributed by atoms with E-state index in [1.165, 1.54) is 4.52 Å². The van der Waals surface area contributed by atoms with E-state index >= 15 is 0 Å². The van der Waals surface area contributed by atoms with Crippen LogP contribution in [0.2, 0.25) is 0 Å². The van der Waals surface area contributed by atoms with Gasteiger partial charge in [0.15, 0.2) is 5.65 Å². The number of nitrogens with zero attached hydrogens (tertiary/aromatic N) is 2. The zero-order chi connectivity index (χ0) is 16.5. The number of H-pyrrole nitrogens is 1. The van der Waals surface area contributed by atoms with Crippen LogP contribution >= 0.6 is 0 Å². The second kappa shape index (κ2) is 6.13. The highest BCUT2D eigenvalue weighted by Gasteiger charge is 2.20. The molecule has 1 fully saturated rings. The van der Waals surface area contributed by atoms with Crippen molar-refractivity contribution < 1.29 is 9.47 Å². The summed E-state index contributed by atoms with van der Waals surface area (Å²) in [6.07, 6.45) is 0.915. The van der Waals surface area contributed by atoms with Crippen LogP contribution in [0.25, 0.3) is 16.9 Å². The lowest BCUT2D eigenvalue weighted by Crippen LogP contribution is -2.17. The molecule has 0 amide bonds. The van der Waals surface area contributed by atoms with E-state index in [1.54, 1.807) is 6.07 Å². The van der Waals surface area contributed by atoms with Crippen LogP contribution < -0.4 is 10.3 Å². The molecular weight excluding hydrogens is 306 g/mol. The van der Waals surface area contributed by atoms with Crippen LogP contribution in [0.3, 0.4) is 0 Å². The fourth-order valence-electron chi connectivity index (χ4n) is 3.03. The Morgan fingerprint density at radius 2 is 2.17 bits per heavy atom. The minimum absolute atomic E-state index is 0.0981. The number of benzene rings is 1. The number of nitrogens with one attached hydrogen (secondary N) is 1. The lowest BCUT2D eigenvalue weighted by Gasteiger charge is -2.05. The third-order valence-corrected chi connectivity index (χ3v) is 4.29. The molecule has 124 valence electrons. The van der Waals surface area contributed by atoms with Gasteiger partial charge in [-0.15, -0.1) is 0 Å². The second-order valence-corrected chi connectivity index (χ2v) is 5.90. The molecule has 0 spiro atoms. The standard InChI is InChI=1S/C18H19N3O3/c1-2-24-14-5-3-12(4-6-14)16-9-17-19-15(13-7-8-23-11-13)10-18(22)21(17)20-16/h3-6,9-10,13,20H,2,7-8,11H2,1H3. The molecule has 0 saturated carbocycles. The molecule has 1 N–H and O–H groups in total. The molecular formula is C18H19N3O3. The molecule has 1 saturated heterocycles. The van der Waals surface area contributed by atoms with Gasteiger partial charge in [0, 0.05) is 24.7 Å². The molecule has 6 nitrogen and oxygen atoms in total. The Labute approximate surface area is 139 Å². The van der Waals surface area contributed by atoms with Crippen LogP contribution in [0, 0.1) is 0 Å². The molecule has 1 atom stereocenters. The van der Waals surface area contributed by atoms with Gasteiger partial charge >= 0.3 is 0 Å². The van der Waals surface area contributed by atoms with Crippen molar-refractivity contribution in [3.05, 3.63) is 52.4 Å². The lowest BCUT2D eigenvalue weighted by molar-refractivity contribution is 0.193. The average molecular weight is 325 g/mol. The molecule has 0 radical (unpaired) electrons. The van der Waals surface area contributed by atoms with Crippen LogP contribution in [-0.2, 0) is 4.74 Å². The Bertz CT molecular complexity index is 905. The molecule has 1 unspecified atom stereocenters. The minimum atomic E-state index is -0.0981. The Hall–Kier alpha value is -2.60. The normalized spacial score (nSPS) is 17.5. The topological polar surface area (TPSA) is 68.6 Å². The molecule has 2 aromatic heterocycles. The van der Waals surface area contributed by atoms with Crippen molar-refractivity contribution in [3.8, 4) is 17.0 Å². The van der Waals surface area contributed by atoms with Crippen molar-refractivity contribution in [2.24, 2.45) is 0 Å². The second-order valence-electron chi connectivity index (χ2n) is 5.90. The fourth-order valence-corrected chi connectivity index (χ4v) is 3.03. The van der Waals surface area contributed by atoms with Gasteiger partial charge in [-0.05, 0) is 43.2 Å². The quantitative estimate of drug-likeness (QED) is 0.800. The smallest absolute Gasteiger partial charge is 0.272 e. The summed E-state index contributed by atoms with van der Waals surface area (Å²) in [5.41, 5.74) is 3.18. The van der Waals surface area contributed by atoms with Crippen molar-refractivity contribution in [1.82, 2.24) is 14.6 Å². The number of rotatable bonds is 4. The van der Waals surface area contributed by atoms with Crippen molar-refractivity contribution in [2.75, 3.05) is 19.8 Å². The van der Waals surface area contributed by atoms with Crippen LogP contribution in [0.4, 0.5) is 0 Å². The number of hydrogen-bond acceptors (Lipinski definition) is 4. The molecule has 0 bridgehead atoms. The Morgan fingerprint density at radius 3 is 2.88 bits per heavy atom. The fraction of sp³-hybridized carbons (Fsp3) is 0.333. The van der Waals surface area contributed by atoms with Gasteiger partial charge in [-0.1, -0.05) is 0 Å². The van der Waals surface area contributed by atoms with Crippen molar-refractivity contribution in [2.45, 2.75) is 19.3 Å². The van der Waals surface area contributed by atoms with Crippen molar-refractivity contribution in [1.29, 1.82) is 0 Å². The maximum atomic E-state index is 12.4. The highest BCUT2D eigenvalue weighted by atomic mass is 16.5. The zero-order valence-corrected chi connectivity index (χ0v) is 13.5. The molecule has 1 aromatic carbocycles. The van der Waals surface area contributed by atoms with Crippen LogP contribution in [-0.4, -0.2) is 34.4 Å². The first-order valence-corrected chi connectivity index (χ1v) is 8.18. The highest BCUT2D eigenvalue weighted by Crippen LogP contribution is 2.25. The Kier molecular flexibility index (Phi) is 3.82. The molecule has 1 aliphatic rings.